The number of alkyl halides is 3. The highest BCUT2D eigenvalue weighted by Crippen LogP contribution is 2.36. The maximum atomic E-state index is 13.0. The van der Waals surface area contributed by atoms with Gasteiger partial charge in [0.25, 0.3) is 0 Å². The van der Waals surface area contributed by atoms with Gasteiger partial charge in [-0.3, -0.25) is 0 Å². The Morgan fingerprint density at radius 1 is 1.04 bits per heavy atom. The highest BCUT2D eigenvalue weighted by atomic mass is 35.5. The molecule has 0 saturated heterocycles. The summed E-state index contributed by atoms with van der Waals surface area (Å²) < 4.78 is 39.1. The molecule has 23 heavy (non-hydrogen) atoms. The van der Waals surface area contributed by atoms with Crippen LogP contribution in [0.4, 0.5) is 24.5 Å². The molecule has 2 rings (SSSR count). The van der Waals surface area contributed by atoms with E-state index in [9.17, 15) is 13.2 Å². The maximum Gasteiger partial charge on any atom is 0.418 e. The van der Waals surface area contributed by atoms with Crippen molar-refractivity contribution < 1.29 is 13.2 Å². The van der Waals surface area contributed by atoms with Crippen LogP contribution in [-0.2, 0) is 6.18 Å². The molecule has 0 amide bonds. The van der Waals surface area contributed by atoms with Crippen LogP contribution in [0, 0.1) is 6.92 Å². The summed E-state index contributed by atoms with van der Waals surface area (Å²) in [4.78, 5) is 0. The van der Waals surface area contributed by atoms with Crippen molar-refractivity contribution in [3.05, 3.63) is 57.6 Å². The first-order valence-electron chi connectivity index (χ1n) is 6.38. The molecule has 2 aromatic rings. The van der Waals surface area contributed by atoms with E-state index in [0.29, 0.717) is 10.7 Å². The quantitative estimate of drug-likeness (QED) is 0.614. The molecule has 2 N–H and O–H groups in total. The summed E-state index contributed by atoms with van der Waals surface area (Å²) in [6.45, 7) is 1.84. The largest absolute Gasteiger partial charge is 0.418 e. The van der Waals surface area contributed by atoms with Crippen LogP contribution in [0.5, 0.6) is 0 Å². The van der Waals surface area contributed by atoms with E-state index >= 15 is 0 Å². The van der Waals surface area contributed by atoms with Crippen molar-refractivity contribution in [2.75, 3.05) is 10.6 Å². The molecule has 2 aromatic carbocycles. The first-order valence-corrected chi connectivity index (χ1v) is 7.54. The molecule has 0 aliphatic carbocycles. The molecule has 0 aliphatic rings. The van der Waals surface area contributed by atoms with Crippen molar-refractivity contribution in [3.63, 3.8) is 0 Å². The molecule has 0 heterocycles. The minimum Gasteiger partial charge on any atom is -0.332 e. The third kappa shape index (κ3) is 4.73. The van der Waals surface area contributed by atoms with Crippen LogP contribution < -0.4 is 10.6 Å². The lowest BCUT2D eigenvalue weighted by Gasteiger charge is -2.16. The molecule has 0 fully saturated rings. The molecular formula is C15H11Cl2F3N2S. The van der Waals surface area contributed by atoms with Gasteiger partial charge in [-0.1, -0.05) is 29.3 Å². The van der Waals surface area contributed by atoms with Crippen molar-refractivity contribution >= 4 is 51.9 Å². The van der Waals surface area contributed by atoms with E-state index < -0.39 is 11.7 Å². The lowest BCUT2D eigenvalue weighted by molar-refractivity contribution is -0.136. The molecule has 122 valence electrons. The predicted molar refractivity (Wildman–Crippen MR) is 92.5 cm³/mol. The van der Waals surface area contributed by atoms with Gasteiger partial charge in [0.05, 0.1) is 11.3 Å². The van der Waals surface area contributed by atoms with Gasteiger partial charge in [-0.25, -0.2) is 0 Å². The van der Waals surface area contributed by atoms with Gasteiger partial charge in [-0.05, 0) is 55.0 Å². The molecule has 2 nitrogen and oxygen atoms in total. The van der Waals surface area contributed by atoms with Crippen molar-refractivity contribution in [2.24, 2.45) is 0 Å². The zero-order valence-corrected chi connectivity index (χ0v) is 14.1. The van der Waals surface area contributed by atoms with E-state index in [2.05, 4.69) is 10.6 Å². The number of thiocarbonyl (C=S) groups is 1. The lowest BCUT2D eigenvalue weighted by Crippen LogP contribution is -2.21. The Balaban J connectivity index is 2.19. The fraction of sp³-hybridized carbons (Fsp3) is 0.133. The summed E-state index contributed by atoms with van der Waals surface area (Å²) in [6, 6.07) is 8.55. The zero-order valence-electron chi connectivity index (χ0n) is 11.8. The molecule has 0 aromatic heterocycles. The average molecular weight is 379 g/mol. The molecule has 0 atom stereocenters. The number of hydrogen-bond donors (Lipinski definition) is 2. The van der Waals surface area contributed by atoms with Gasteiger partial charge in [0, 0.05) is 15.7 Å². The second-order valence-electron chi connectivity index (χ2n) is 4.73. The summed E-state index contributed by atoms with van der Waals surface area (Å²) >= 11 is 16.7. The van der Waals surface area contributed by atoms with Gasteiger partial charge in [0.2, 0.25) is 0 Å². The molecule has 8 heteroatoms. The monoisotopic (exact) mass is 378 g/mol. The Morgan fingerprint density at radius 2 is 1.74 bits per heavy atom. The van der Waals surface area contributed by atoms with E-state index in [-0.39, 0.29) is 15.8 Å². The predicted octanol–water partition coefficient (Wildman–Crippen LogP) is 6.13. The van der Waals surface area contributed by atoms with Crippen LogP contribution in [0.2, 0.25) is 10.0 Å². The van der Waals surface area contributed by atoms with E-state index in [1.54, 1.807) is 18.2 Å². The number of aryl methyl sites for hydroxylation is 1. The van der Waals surface area contributed by atoms with Crippen molar-refractivity contribution in [1.29, 1.82) is 0 Å². The molecule has 0 unspecified atom stereocenters. The standard InChI is InChI=1S/C15H11Cl2F3N2S/c1-8-2-4-10(7-12(8)17)21-14(23)22-13-5-3-9(16)6-11(13)15(18,19)20/h2-7H,1H3,(H2,21,22,23). The van der Waals surface area contributed by atoms with Gasteiger partial charge in [-0.2, -0.15) is 13.2 Å². The second kappa shape index (κ2) is 6.95. The number of halogens is 5. The SMILES string of the molecule is Cc1ccc(NC(=S)Nc2ccc(Cl)cc2C(F)(F)F)cc1Cl. The topological polar surface area (TPSA) is 24.1 Å². The fourth-order valence-electron chi connectivity index (χ4n) is 1.82. The average Bonchev–Trinajstić information content (AvgIpc) is 2.44. The summed E-state index contributed by atoms with van der Waals surface area (Å²) in [7, 11) is 0. The Bertz CT molecular complexity index is 748. The number of rotatable bonds is 2. The van der Waals surface area contributed by atoms with Crippen LogP contribution in [-0.4, -0.2) is 5.11 Å². The van der Waals surface area contributed by atoms with Crippen LogP contribution >= 0.6 is 35.4 Å². The molecular weight excluding hydrogens is 368 g/mol. The molecule has 0 radical (unpaired) electrons. The van der Waals surface area contributed by atoms with Crippen LogP contribution in [0.1, 0.15) is 11.1 Å². The maximum absolute atomic E-state index is 13.0. The summed E-state index contributed by atoms with van der Waals surface area (Å²) in [5, 5.41) is 5.85. The van der Waals surface area contributed by atoms with Crippen LogP contribution in [0.3, 0.4) is 0 Å². The third-order valence-corrected chi connectivity index (χ3v) is 3.81. The zero-order chi connectivity index (χ0) is 17.2. The Kier molecular flexibility index (Phi) is 5.39. The van der Waals surface area contributed by atoms with E-state index in [1.807, 2.05) is 6.92 Å². The summed E-state index contributed by atoms with van der Waals surface area (Å²) in [5.74, 6) is 0. The number of hydrogen-bond acceptors (Lipinski definition) is 1. The van der Waals surface area contributed by atoms with E-state index in [4.69, 9.17) is 35.4 Å². The molecule has 0 bridgehead atoms. The third-order valence-electron chi connectivity index (χ3n) is 2.96. The van der Waals surface area contributed by atoms with E-state index in [0.717, 1.165) is 11.6 Å². The van der Waals surface area contributed by atoms with Gasteiger partial charge in [0.1, 0.15) is 0 Å². The Labute approximate surface area is 146 Å². The van der Waals surface area contributed by atoms with Gasteiger partial charge in [-0.15, -0.1) is 0 Å². The van der Waals surface area contributed by atoms with Crippen molar-refractivity contribution in [3.8, 4) is 0 Å². The van der Waals surface area contributed by atoms with Crippen LogP contribution in [0.25, 0.3) is 0 Å². The minimum atomic E-state index is -4.55. The van der Waals surface area contributed by atoms with Gasteiger partial charge < -0.3 is 10.6 Å². The highest BCUT2D eigenvalue weighted by Gasteiger charge is 2.34. The first kappa shape index (κ1) is 17.8. The minimum absolute atomic E-state index is 0.00734. The fourth-order valence-corrected chi connectivity index (χ4v) is 2.40. The van der Waals surface area contributed by atoms with Crippen molar-refractivity contribution in [1.82, 2.24) is 0 Å². The molecule has 0 spiro atoms. The van der Waals surface area contributed by atoms with Gasteiger partial charge >= 0.3 is 6.18 Å². The normalized spacial score (nSPS) is 11.2. The number of nitrogens with one attached hydrogen (secondary N) is 2. The van der Waals surface area contributed by atoms with E-state index in [1.165, 1.54) is 12.1 Å². The number of anilines is 2. The first-order chi connectivity index (χ1) is 10.7. The van der Waals surface area contributed by atoms with Crippen molar-refractivity contribution in [2.45, 2.75) is 13.1 Å². The summed E-state index contributed by atoms with van der Waals surface area (Å²) in [6.07, 6.45) is -4.55. The van der Waals surface area contributed by atoms with Crippen LogP contribution in [0.15, 0.2) is 36.4 Å². The lowest BCUT2D eigenvalue weighted by atomic mass is 10.1. The second-order valence-corrected chi connectivity index (χ2v) is 5.98. The Morgan fingerprint density at radius 3 is 2.35 bits per heavy atom. The Hall–Kier alpha value is -1.50. The molecule has 0 aliphatic heterocycles. The smallest absolute Gasteiger partial charge is 0.332 e. The summed E-state index contributed by atoms with van der Waals surface area (Å²) in [5.41, 5.74) is 0.377. The highest BCUT2D eigenvalue weighted by molar-refractivity contribution is 7.80. The molecule has 0 saturated carbocycles. The van der Waals surface area contributed by atoms with Gasteiger partial charge in [0.15, 0.2) is 5.11 Å². The number of benzene rings is 2.